The predicted octanol–water partition coefficient (Wildman–Crippen LogP) is 1.90. The quantitative estimate of drug-likeness (QED) is 0.815. The summed E-state index contributed by atoms with van der Waals surface area (Å²) >= 11 is 1.18. The minimum Gasteiger partial charge on any atom is -0.478 e. The molecule has 0 atom stereocenters. The largest absolute Gasteiger partial charge is 0.478 e. The molecule has 5 heteroatoms. The molecule has 2 aromatic rings. The van der Waals surface area contributed by atoms with E-state index < -0.39 is 5.97 Å². The summed E-state index contributed by atoms with van der Waals surface area (Å²) in [5.41, 5.74) is 0.938. The molecule has 0 aliphatic carbocycles. The first kappa shape index (κ1) is 8.83. The summed E-state index contributed by atoms with van der Waals surface area (Å²) in [6.45, 7) is 0. The number of hydrogen-bond donors (Lipinski definition) is 1. The number of aromatic carboxylic acids is 1. The first-order chi connectivity index (χ1) is 6.79. The van der Waals surface area contributed by atoms with Crippen LogP contribution in [0.25, 0.3) is 10.4 Å². The molecule has 0 saturated carbocycles. The molecule has 1 aromatic carbocycles. The van der Waals surface area contributed by atoms with E-state index >= 15 is 0 Å². The smallest absolute Gasteiger partial charge is 0.336 e. The second-order valence-corrected chi connectivity index (χ2v) is 3.42. The molecule has 1 aromatic heterocycles. The van der Waals surface area contributed by atoms with E-state index in [1.165, 1.54) is 11.5 Å². The highest BCUT2D eigenvalue weighted by Crippen LogP contribution is 2.25. The first-order valence-electron chi connectivity index (χ1n) is 3.89. The summed E-state index contributed by atoms with van der Waals surface area (Å²) in [7, 11) is 0. The second-order valence-electron chi connectivity index (χ2n) is 2.63. The minimum absolute atomic E-state index is 0.276. The lowest BCUT2D eigenvalue weighted by Crippen LogP contribution is -1.97. The van der Waals surface area contributed by atoms with Gasteiger partial charge in [-0.05, 0) is 17.6 Å². The van der Waals surface area contributed by atoms with Gasteiger partial charge in [0.1, 0.15) is 0 Å². The lowest BCUT2D eigenvalue weighted by Gasteiger charge is -2.00. The molecule has 70 valence electrons. The fraction of sp³-hybridized carbons (Fsp3) is 0. The Bertz CT molecular complexity index is 454. The Morgan fingerprint density at radius 3 is 2.79 bits per heavy atom. The van der Waals surface area contributed by atoms with Crippen molar-refractivity contribution in [2.45, 2.75) is 0 Å². The van der Waals surface area contributed by atoms with Crippen LogP contribution in [0.5, 0.6) is 0 Å². The van der Waals surface area contributed by atoms with Gasteiger partial charge in [-0.3, -0.25) is 0 Å². The molecule has 0 amide bonds. The molecule has 2 rings (SSSR count). The molecule has 1 N–H and O–H groups in total. The SMILES string of the molecule is O=C(O)c1ccccc1-c1cnns1. The van der Waals surface area contributed by atoms with Crippen LogP contribution in [0.15, 0.2) is 30.5 Å². The van der Waals surface area contributed by atoms with Gasteiger partial charge in [0.15, 0.2) is 0 Å². The summed E-state index contributed by atoms with van der Waals surface area (Å²) < 4.78 is 3.70. The van der Waals surface area contributed by atoms with E-state index in [-0.39, 0.29) is 5.56 Å². The molecule has 0 aliphatic heterocycles. The third-order valence-electron chi connectivity index (χ3n) is 1.78. The van der Waals surface area contributed by atoms with Crippen molar-refractivity contribution in [1.29, 1.82) is 0 Å². The second kappa shape index (κ2) is 3.55. The van der Waals surface area contributed by atoms with Crippen molar-refractivity contribution < 1.29 is 9.90 Å². The van der Waals surface area contributed by atoms with E-state index in [9.17, 15) is 4.79 Å². The Morgan fingerprint density at radius 1 is 1.36 bits per heavy atom. The number of carbonyl (C=O) groups is 1. The number of carboxylic acids is 1. The summed E-state index contributed by atoms with van der Waals surface area (Å²) in [5, 5.41) is 12.6. The van der Waals surface area contributed by atoms with Crippen LogP contribution in [0, 0.1) is 0 Å². The highest BCUT2D eigenvalue weighted by molar-refractivity contribution is 7.09. The van der Waals surface area contributed by atoms with Crippen molar-refractivity contribution in [1.82, 2.24) is 9.59 Å². The van der Waals surface area contributed by atoms with Crippen LogP contribution in [0.2, 0.25) is 0 Å². The summed E-state index contributed by atoms with van der Waals surface area (Å²) in [4.78, 5) is 11.6. The van der Waals surface area contributed by atoms with Gasteiger partial charge in [0.25, 0.3) is 0 Å². The van der Waals surface area contributed by atoms with Crippen molar-refractivity contribution in [3.05, 3.63) is 36.0 Å². The van der Waals surface area contributed by atoms with Gasteiger partial charge in [-0.15, -0.1) is 5.10 Å². The maximum atomic E-state index is 10.9. The molecule has 0 radical (unpaired) electrons. The van der Waals surface area contributed by atoms with Crippen LogP contribution in [-0.2, 0) is 0 Å². The predicted molar refractivity (Wildman–Crippen MR) is 52.3 cm³/mol. The average molecular weight is 206 g/mol. The molecule has 0 saturated heterocycles. The fourth-order valence-corrected chi connectivity index (χ4v) is 1.72. The topological polar surface area (TPSA) is 63.1 Å². The number of carboxylic acid groups (broad SMARTS) is 1. The zero-order valence-corrected chi connectivity index (χ0v) is 7.86. The number of nitrogens with zero attached hydrogens (tertiary/aromatic N) is 2. The molecular formula is C9H6N2O2S. The zero-order chi connectivity index (χ0) is 9.97. The Hall–Kier alpha value is -1.75. The van der Waals surface area contributed by atoms with E-state index in [1.807, 2.05) is 0 Å². The van der Waals surface area contributed by atoms with Crippen LogP contribution >= 0.6 is 11.5 Å². The summed E-state index contributed by atoms with van der Waals surface area (Å²) in [5.74, 6) is -0.936. The lowest BCUT2D eigenvalue weighted by molar-refractivity contribution is 0.0698. The molecule has 14 heavy (non-hydrogen) atoms. The van der Waals surface area contributed by atoms with Gasteiger partial charge in [-0.1, -0.05) is 22.7 Å². The van der Waals surface area contributed by atoms with Crippen LogP contribution in [0.4, 0.5) is 0 Å². The summed E-state index contributed by atoms with van der Waals surface area (Å²) in [6.07, 6.45) is 1.56. The van der Waals surface area contributed by atoms with Gasteiger partial charge >= 0.3 is 5.97 Å². The zero-order valence-electron chi connectivity index (χ0n) is 7.04. The minimum atomic E-state index is -0.936. The van der Waals surface area contributed by atoms with Crippen molar-refractivity contribution in [2.75, 3.05) is 0 Å². The van der Waals surface area contributed by atoms with Crippen molar-refractivity contribution in [3.8, 4) is 10.4 Å². The normalized spacial score (nSPS) is 10.0. The first-order valence-corrected chi connectivity index (χ1v) is 4.66. The Labute approximate surface area is 84.0 Å². The van der Waals surface area contributed by atoms with Crippen LogP contribution < -0.4 is 0 Å². The molecule has 0 aliphatic rings. The van der Waals surface area contributed by atoms with Crippen molar-refractivity contribution in [3.63, 3.8) is 0 Å². The highest BCUT2D eigenvalue weighted by atomic mass is 32.1. The molecule has 0 bridgehead atoms. The monoisotopic (exact) mass is 206 g/mol. The van der Waals surface area contributed by atoms with E-state index in [4.69, 9.17) is 5.11 Å². The molecule has 4 nitrogen and oxygen atoms in total. The average Bonchev–Trinajstić information content (AvgIpc) is 2.70. The van der Waals surface area contributed by atoms with Crippen molar-refractivity contribution >= 4 is 17.5 Å². The van der Waals surface area contributed by atoms with Crippen LogP contribution in [0.1, 0.15) is 10.4 Å². The Kier molecular flexibility index (Phi) is 2.24. The van der Waals surface area contributed by atoms with Gasteiger partial charge in [0.2, 0.25) is 0 Å². The van der Waals surface area contributed by atoms with E-state index in [2.05, 4.69) is 9.59 Å². The maximum absolute atomic E-state index is 10.9. The van der Waals surface area contributed by atoms with Crippen molar-refractivity contribution in [2.24, 2.45) is 0 Å². The number of aromatic nitrogens is 2. The van der Waals surface area contributed by atoms with Gasteiger partial charge in [0, 0.05) is 5.56 Å². The highest BCUT2D eigenvalue weighted by Gasteiger charge is 2.11. The van der Waals surface area contributed by atoms with Crippen LogP contribution in [0.3, 0.4) is 0 Å². The number of hydrogen-bond acceptors (Lipinski definition) is 4. The molecular weight excluding hydrogens is 200 g/mol. The van der Waals surface area contributed by atoms with Gasteiger partial charge in [-0.2, -0.15) is 0 Å². The Balaban J connectivity index is 2.58. The van der Waals surface area contributed by atoms with Gasteiger partial charge in [-0.25, -0.2) is 4.79 Å². The third-order valence-corrected chi connectivity index (χ3v) is 2.48. The van der Waals surface area contributed by atoms with Gasteiger partial charge < -0.3 is 5.11 Å². The summed E-state index contributed by atoms with van der Waals surface area (Å²) in [6, 6.07) is 6.80. The molecule has 0 unspecified atom stereocenters. The fourth-order valence-electron chi connectivity index (χ4n) is 1.17. The number of benzene rings is 1. The van der Waals surface area contributed by atoms with E-state index in [1.54, 1.807) is 30.5 Å². The van der Waals surface area contributed by atoms with Gasteiger partial charge in [0.05, 0.1) is 16.6 Å². The van der Waals surface area contributed by atoms with Crippen LogP contribution in [-0.4, -0.2) is 20.7 Å². The number of rotatable bonds is 2. The standard InChI is InChI=1S/C9H6N2O2S/c12-9(13)7-4-2-1-3-6(7)8-5-10-11-14-8/h1-5H,(H,12,13). The molecule has 0 fully saturated rings. The maximum Gasteiger partial charge on any atom is 0.336 e. The molecule has 1 heterocycles. The van der Waals surface area contributed by atoms with E-state index in [0.717, 1.165) is 4.88 Å². The lowest BCUT2D eigenvalue weighted by atomic mass is 10.1. The molecule has 0 spiro atoms. The van der Waals surface area contributed by atoms with E-state index in [0.29, 0.717) is 5.56 Å². The Morgan fingerprint density at radius 2 is 2.14 bits per heavy atom. The third kappa shape index (κ3) is 1.49.